The average Bonchev–Trinajstić information content (AvgIpc) is 3.04. The smallest absolute Gasteiger partial charge is 0.344 e. The number of esters is 1. The van der Waals surface area contributed by atoms with Crippen LogP contribution in [-0.4, -0.2) is 18.4 Å². The summed E-state index contributed by atoms with van der Waals surface area (Å²) in [6.45, 7) is -0.590. The van der Waals surface area contributed by atoms with Crippen LogP contribution in [0.5, 0.6) is 0 Å². The molecule has 1 aliphatic carbocycles. The molecule has 0 radical (unpaired) electrons. The van der Waals surface area contributed by atoms with Gasteiger partial charge < -0.3 is 4.74 Å². The highest BCUT2D eigenvalue weighted by atomic mass is 19.1. The maximum absolute atomic E-state index is 13.6. The molecule has 5 heteroatoms. The first-order valence-corrected chi connectivity index (χ1v) is 8.40. The number of carbonyl (C=O) groups is 2. The van der Waals surface area contributed by atoms with E-state index >= 15 is 0 Å². The van der Waals surface area contributed by atoms with Gasteiger partial charge >= 0.3 is 5.97 Å². The van der Waals surface area contributed by atoms with Gasteiger partial charge in [0.15, 0.2) is 12.4 Å². The predicted octanol–water partition coefficient (Wildman–Crippen LogP) is 4.58. The number of rotatable bonds is 4. The molecule has 3 nitrogen and oxygen atoms in total. The molecule has 0 saturated heterocycles. The Morgan fingerprint density at radius 2 is 1.56 bits per heavy atom. The van der Waals surface area contributed by atoms with Gasteiger partial charge in [-0.05, 0) is 46.9 Å². The number of ketones is 1. The molecule has 0 aromatic heterocycles. The van der Waals surface area contributed by atoms with Crippen LogP contribution >= 0.6 is 0 Å². The van der Waals surface area contributed by atoms with Crippen molar-refractivity contribution in [3.05, 3.63) is 94.6 Å². The Hall–Kier alpha value is -3.34. The summed E-state index contributed by atoms with van der Waals surface area (Å²) in [5.41, 5.74) is 3.95. The van der Waals surface area contributed by atoms with Crippen LogP contribution in [0.25, 0.3) is 11.1 Å². The van der Waals surface area contributed by atoms with Gasteiger partial charge in [-0.25, -0.2) is 13.6 Å². The van der Waals surface area contributed by atoms with Gasteiger partial charge in [0, 0.05) is 5.56 Å². The molecular formula is C22H14F2O3. The third-order valence-electron chi connectivity index (χ3n) is 4.62. The number of ether oxygens (including phenoxy) is 1. The summed E-state index contributed by atoms with van der Waals surface area (Å²) in [6.07, 6.45) is 0.807. The number of hydrogen-bond acceptors (Lipinski definition) is 3. The van der Waals surface area contributed by atoms with Crippen LogP contribution in [0.2, 0.25) is 0 Å². The maximum atomic E-state index is 13.6. The molecule has 1 aliphatic rings. The second-order valence-electron chi connectivity index (χ2n) is 6.30. The van der Waals surface area contributed by atoms with E-state index in [9.17, 15) is 18.4 Å². The topological polar surface area (TPSA) is 43.4 Å². The van der Waals surface area contributed by atoms with Crippen molar-refractivity contribution in [1.82, 2.24) is 0 Å². The van der Waals surface area contributed by atoms with Gasteiger partial charge in [0.05, 0.1) is 0 Å². The van der Waals surface area contributed by atoms with E-state index in [2.05, 4.69) is 0 Å². The molecular weight excluding hydrogens is 350 g/mol. The zero-order chi connectivity index (χ0) is 19.0. The minimum absolute atomic E-state index is 0.382. The van der Waals surface area contributed by atoms with Crippen LogP contribution in [0.1, 0.15) is 31.8 Å². The number of halogens is 2. The molecule has 0 atom stereocenters. The summed E-state index contributed by atoms with van der Waals surface area (Å²) in [5, 5.41) is 0. The molecule has 0 bridgehead atoms. The standard InChI is InChI=1S/C22H14F2O3/c23-18-6-3-7-19(24)21(18)22(26)27-12-20(25)15-9-8-14-10-13-4-1-2-5-16(13)17(14)11-15/h1-9,11H,10,12H2. The molecule has 4 rings (SSSR count). The number of carbonyl (C=O) groups excluding carboxylic acids is 2. The lowest BCUT2D eigenvalue weighted by molar-refractivity contribution is 0.0465. The number of Topliss-reactive ketones (excluding diaryl/α,β-unsaturated/α-hetero) is 1. The maximum Gasteiger partial charge on any atom is 0.344 e. The van der Waals surface area contributed by atoms with E-state index < -0.39 is 35.6 Å². The second-order valence-corrected chi connectivity index (χ2v) is 6.30. The Balaban J connectivity index is 1.51. The molecule has 3 aromatic rings. The Morgan fingerprint density at radius 3 is 2.33 bits per heavy atom. The highest BCUT2D eigenvalue weighted by molar-refractivity contribution is 6.00. The lowest BCUT2D eigenvalue weighted by Crippen LogP contribution is -2.16. The Morgan fingerprint density at radius 1 is 0.852 bits per heavy atom. The first kappa shape index (κ1) is 17.1. The van der Waals surface area contributed by atoms with Gasteiger partial charge in [0.25, 0.3) is 0 Å². The summed E-state index contributed by atoms with van der Waals surface area (Å²) in [5.74, 6) is -3.69. The number of benzene rings is 3. The van der Waals surface area contributed by atoms with E-state index in [1.54, 1.807) is 12.1 Å². The van der Waals surface area contributed by atoms with Crippen LogP contribution in [-0.2, 0) is 11.2 Å². The lowest BCUT2D eigenvalue weighted by atomic mass is 10.0. The van der Waals surface area contributed by atoms with Crippen molar-refractivity contribution in [3.8, 4) is 11.1 Å². The highest BCUT2D eigenvalue weighted by Crippen LogP contribution is 2.36. The first-order chi connectivity index (χ1) is 13.0. The van der Waals surface area contributed by atoms with Crippen molar-refractivity contribution < 1.29 is 23.1 Å². The fraction of sp³-hybridized carbons (Fsp3) is 0.0909. The van der Waals surface area contributed by atoms with Crippen LogP contribution in [0.15, 0.2) is 60.7 Å². The molecule has 134 valence electrons. The van der Waals surface area contributed by atoms with Gasteiger partial charge in [-0.15, -0.1) is 0 Å². The molecule has 0 aliphatic heterocycles. The van der Waals surface area contributed by atoms with Gasteiger partial charge in [0.2, 0.25) is 0 Å². The second kappa shape index (κ2) is 6.76. The Labute approximate surface area is 154 Å². The van der Waals surface area contributed by atoms with Crippen LogP contribution in [0.3, 0.4) is 0 Å². The number of fused-ring (bicyclic) bond motifs is 3. The molecule has 0 unspecified atom stereocenters. The van der Waals surface area contributed by atoms with Crippen LogP contribution in [0, 0.1) is 11.6 Å². The minimum atomic E-state index is -1.20. The fourth-order valence-corrected chi connectivity index (χ4v) is 3.28. The predicted molar refractivity (Wildman–Crippen MR) is 95.7 cm³/mol. The fourth-order valence-electron chi connectivity index (χ4n) is 3.28. The highest BCUT2D eigenvalue weighted by Gasteiger charge is 2.22. The molecule has 0 spiro atoms. The van der Waals surface area contributed by atoms with E-state index in [1.165, 1.54) is 5.56 Å². The molecule has 0 heterocycles. The Bertz CT molecular complexity index is 1050. The molecule has 0 N–H and O–H groups in total. The van der Waals surface area contributed by atoms with E-state index in [-0.39, 0.29) is 0 Å². The third-order valence-corrected chi connectivity index (χ3v) is 4.62. The number of hydrogen-bond donors (Lipinski definition) is 0. The molecule has 0 fully saturated rings. The van der Waals surface area contributed by atoms with Crippen molar-refractivity contribution in [3.63, 3.8) is 0 Å². The quantitative estimate of drug-likeness (QED) is 0.393. The lowest BCUT2D eigenvalue weighted by Gasteiger charge is -2.08. The van der Waals surface area contributed by atoms with E-state index in [4.69, 9.17) is 4.74 Å². The van der Waals surface area contributed by atoms with Gasteiger partial charge in [-0.3, -0.25) is 4.79 Å². The average molecular weight is 364 g/mol. The molecule has 27 heavy (non-hydrogen) atoms. The normalized spacial score (nSPS) is 11.6. The van der Waals surface area contributed by atoms with Gasteiger partial charge in [-0.2, -0.15) is 0 Å². The van der Waals surface area contributed by atoms with Crippen molar-refractivity contribution >= 4 is 11.8 Å². The van der Waals surface area contributed by atoms with Crippen LogP contribution < -0.4 is 0 Å². The van der Waals surface area contributed by atoms with Gasteiger partial charge in [-0.1, -0.05) is 42.5 Å². The summed E-state index contributed by atoms with van der Waals surface area (Å²) in [4.78, 5) is 24.3. The van der Waals surface area contributed by atoms with Gasteiger partial charge in [0.1, 0.15) is 17.2 Å². The van der Waals surface area contributed by atoms with Crippen molar-refractivity contribution in [2.75, 3.05) is 6.61 Å². The SMILES string of the molecule is O=C(COC(=O)c1c(F)cccc1F)c1ccc2c(c1)-c1ccccc1C2. The first-order valence-electron chi connectivity index (χ1n) is 8.40. The van der Waals surface area contributed by atoms with Crippen molar-refractivity contribution in [1.29, 1.82) is 0 Å². The zero-order valence-electron chi connectivity index (χ0n) is 14.2. The van der Waals surface area contributed by atoms with Crippen LogP contribution in [0.4, 0.5) is 8.78 Å². The van der Waals surface area contributed by atoms with Crippen molar-refractivity contribution in [2.45, 2.75) is 6.42 Å². The Kier molecular flexibility index (Phi) is 4.28. The molecule has 0 saturated carbocycles. The summed E-state index contributed by atoms with van der Waals surface area (Å²) < 4.78 is 32.1. The largest absolute Gasteiger partial charge is 0.454 e. The summed E-state index contributed by atoms with van der Waals surface area (Å²) in [7, 11) is 0. The van der Waals surface area contributed by atoms with Crippen molar-refractivity contribution in [2.24, 2.45) is 0 Å². The van der Waals surface area contributed by atoms with E-state index in [0.717, 1.165) is 41.3 Å². The third kappa shape index (κ3) is 3.12. The van der Waals surface area contributed by atoms with E-state index in [1.807, 2.05) is 30.3 Å². The summed E-state index contributed by atoms with van der Waals surface area (Å²) >= 11 is 0. The molecule has 0 amide bonds. The van der Waals surface area contributed by atoms with E-state index in [0.29, 0.717) is 5.56 Å². The zero-order valence-corrected chi connectivity index (χ0v) is 14.2. The molecule has 3 aromatic carbocycles. The minimum Gasteiger partial charge on any atom is -0.454 e. The summed E-state index contributed by atoms with van der Waals surface area (Å²) in [6, 6.07) is 16.3. The monoisotopic (exact) mass is 364 g/mol.